The molecule has 0 unspecified atom stereocenters. The Labute approximate surface area is 143 Å². The summed E-state index contributed by atoms with van der Waals surface area (Å²) in [5.74, 6) is -0.375. The monoisotopic (exact) mass is 334 g/mol. The minimum Gasteiger partial charge on any atom is -0.324 e. The molecule has 6 heteroatoms. The summed E-state index contributed by atoms with van der Waals surface area (Å²) in [5, 5.41) is 5.98. The highest BCUT2D eigenvalue weighted by Gasteiger charge is 2.19. The molecule has 0 saturated carbocycles. The van der Waals surface area contributed by atoms with Crippen molar-refractivity contribution < 1.29 is 9.18 Å². The summed E-state index contributed by atoms with van der Waals surface area (Å²) in [6, 6.07) is 3.59. The van der Waals surface area contributed by atoms with E-state index in [9.17, 15) is 9.18 Å². The first kappa shape index (κ1) is 17.3. The fourth-order valence-electron chi connectivity index (χ4n) is 3.43. The highest BCUT2D eigenvalue weighted by molar-refractivity contribution is 5.91. The Balaban J connectivity index is 1.50. The average Bonchev–Trinajstić information content (AvgIpc) is 2.63. The van der Waals surface area contributed by atoms with Crippen LogP contribution in [0.15, 0.2) is 12.1 Å². The number of anilines is 1. The molecule has 0 spiro atoms. The van der Waals surface area contributed by atoms with Crippen LogP contribution in [0.1, 0.15) is 24.5 Å². The molecule has 1 amide bonds. The summed E-state index contributed by atoms with van der Waals surface area (Å²) in [5.41, 5.74) is 2.05. The van der Waals surface area contributed by atoms with E-state index in [2.05, 4.69) is 27.4 Å². The number of benzene rings is 1. The lowest BCUT2D eigenvalue weighted by Crippen LogP contribution is -2.46. The van der Waals surface area contributed by atoms with Crippen molar-refractivity contribution in [3.8, 4) is 0 Å². The topological polar surface area (TPSA) is 47.6 Å². The molecule has 2 aliphatic rings. The Kier molecular flexibility index (Phi) is 5.81. The van der Waals surface area contributed by atoms with Crippen LogP contribution < -0.4 is 10.6 Å². The summed E-state index contributed by atoms with van der Waals surface area (Å²) < 4.78 is 14.5. The molecule has 24 heavy (non-hydrogen) atoms. The van der Waals surface area contributed by atoms with Crippen molar-refractivity contribution in [3.63, 3.8) is 0 Å². The third-order valence-electron chi connectivity index (χ3n) is 5.05. The second kappa shape index (κ2) is 8.05. The van der Waals surface area contributed by atoms with E-state index in [0.29, 0.717) is 25.1 Å². The molecule has 1 aromatic rings. The van der Waals surface area contributed by atoms with Gasteiger partial charge in [0.25, 0.3) is 0 Å². The summed E-state index contributed by atoms with van der Waals surface area (Å²) in [6.07, 6.45) is 1.08. The zero-order valence-corrected chi connectivity index (χ0v) is 14.4. The van der Waals surface area contributed by atoms with Crippen molar-refractivity contribution >= 4 is 11.6 Å². The minimum atomic E-state index is -0.265. The van der Waals surface area contributed by atoms with Crippen LogP contribution in [-0.4, -0.2) is 61.5 Å². The van der Waals surface area contributed by atoms with Crippen LogP contribution in [0.5, 0.6) is 0 Å². The van der Waals surface area contributed by atoms with E-state index in [4.69, 9.17) is 0 Å². The molecule has 0 aliphatic carbocycles. The van der Waals surface area contributed by atoms with E-state index in [1.165, 1.54) is 0 Å². The number of carbonyl (C=O) groups excluding carboxylic acids is 1. The van der Waals surface area contributed by atoms with Crippen LogP contribution in [0.2, 0.25) is 0 Å². The maximum absolute atomic E-state index is 14.5. The molecule has 1 saturated heterocycles. The second-order valence-corrected chi connectivity index (χ2v) is 6.57. The van der Waals surface area contributed by atoms with E-state index >= 15 is 0 Å². The van der Waals surface area contributed by atoms with Crippen LogP contribution >= 0.6 is 0 Å². The third-order valence-corrected chi connectivity index (χ3v) is 5.05. The molecule has 1 fully saturated rings. The van der Waals surface area contributed by atoms with Gasteiger partial charge in [-0.2, -0.15) is 0 Å². The number of nitrogens with one attached hydrogen (secondary N) is 2. The van der Waals surface area contributed by atoms with Crippen LogP contribution in [-0.2, 0) is 17.8 Å². The Morgan fingerprint density at radius 2 is 2.00 bits per heavy atom. The number of nitrogens with zero attached hydrogens (tertiary/aromatic N) is 2. The zero-order chi connectivity index (χ0) is 16.9. The number of hydrogen-bond acceptors (Lipinski definition) is 4. The molecule has 0 aromatic heterocycles. The van der Waals surface area contributed by atoms with Crippen molar-refractivity contribution in [2.45, 2.75) is 26.3 Å². The molecule has 3 rings (SSSR count). The normalized spacial score (nSPS) is 19.1. The third kappa shape index (κ3) is 4.12. The van der Waals surface area contributed by atoms with Crippen LogP contribution in [0, 0.1) is 5.82 Å². The number of piperazine rings is 1. The number of amides is 1. The SMILES string of the molecule is CCN1CCN(CCC(=O)Nc2ccc3c(c2F)CCNC3)CC1. The van der Waals surface area contributed by atoms with Gasteiger partial charge in [0.15, 0.2) is 0 Å². The first-order valence-electron chi connectivity index (χ1n) is 8.93. The zero-order valence-electron chi connectivity index (χ0n) is 14.4. The van der Waals surface area contributed by atoms with Gasteiger partial charge in [0.1, 0.15) is 5.82 Å². The van der Waals surface area contributed by atoms with Gasteiger partial charge < -0.3 is 20.4 Å². The van der Waals surface area contributed by atoms with Gasteiger partial charge in [-0.25, -0.2) is 4.39 Å². The molecular weight excluding hydrogens is 307 g/mol. The minimum absolute atomic E-state index is 0.110. The molecule has 2 heterocycles. The van der Waals surface area contributed by atoms with E-state index < -0.39 is 0 Å². The number of carbonyl (C=O) groups is 1. The van der Waals surface area contributed by atoms with E-state index in [1.54, 1.807) is 6.07 Å². The molecule has 1 aromatic carbocycles. The lowest BCUT2D eigenvalue weighted by atomic mass is 9.99. The lowest BCUT2D eigenvalue weighted by molar-refractivity contribution is -0.116. The average molecular weight is 334 g/mol. The molecule has 132 valence electrons. The van der Waals surface area contributed by atoms with Gasteiger partial charge in [-0.3, -0.25) is 4.79 Å². The Hall–Kier alpha value is -1.50. The maximum atomic E-state index is 14.5. The number of halogens is 1. The van der Waals surface area contributed by atoms with Crippen molar-refractivity contribution in [2.24, 2.45) is 0 Å². The predicted octanol–water partition coefficient (Wildman–Crippen LogP) is 1.44. The fraction of sp³-hybridized carbons (Fsp3) is 0.611. The predicted molar refractivity (Wildman–Crippen MR) is 93.6 cm³/mol. The van der Waals surface area contributed by atoms with Gasteiger partial charge in [-0.15, -0.1) is 0 Å². The van der Waals surface area contributed by atoms with Gasteiger partial charge >= 0.3 is 0 Å². The number of likely N-dealkylation sites (N-methyl/N-ethyl adjacent to an activating group) is 1. The molecule has 2 N–H and O–H groups in total. The van der Waals surface area contributed by atoms with Gasteiger partial charge in [0.05, 0.1) is 5.69 Å². The molecule has 0 radical (unpaired) electrons. The largest absolute Gasteiger partial charge is 0.324 e. The van der Waals surface area contributed by atoms with Crippen LogP contribution in [0.25, 0.3) is 0 Å². The van der Waals surface area contributed by atoms with Gasteiger partial charge in [-0.1, -0.05) is 13.0 Å². The van der Waals surface area contributed by atoms with E-state index in [-0.39, 0.29) is 11.7 Å². The Morgan fingerprint density at radius 3 is 2.75 bits per heavy atom. The van der Waals surface area contributed by atoms with E-state index in [1.807, 2.05) is 6.07 Å². The lowest BCUT2D eigenvalue weighted by Gasteiger charge is -2.33. The van der Waals surface area contributed by atoms with E-state index in [0.717, 1.165) is 56.9 Å². The van der Waals surface area contributed by atoms with Gasteiger partial charge in [-0.05, 0) is 36.7 Å². The van der Waals surface area contributed by atoms with Gasteiger partial charge in [0, 0.05) is 45.7 Å². The van der Waals surface area contributed by atoms with Crippen molar-refractivity contribution in [1.82, 2.24) is 15.1 Å². The fourth-order valence-corrected chi connectivity index (χ4v) is 3.43. The highest BCUT2D eigenvalue weighted by atomic mass is 19.1. The highest BCUT2D eigenvalue weighted by Crippen LogP contribution is 2.24. The van der Waals surface area contributed by atoms with Crippen LogP contribution in [0.4, 0.5) is 10.1 Å². The summed E-state index contributed by atoms with van der Waals surface area (Å²) in [4.78, 5) is 16.9. The first-order chi connectivity index (χ1) is 11.7. The smallest absolute Gasteiger partial charge is 0.225 e. The number of hydrogen-bond donors (Lipinski definition) is 2. The maximum Gasteiger partial charge on any atom is 0.225 e. The second-order valence-electron chi connectivity index (χ2n) is 6.57. The van der Waals surface area contributed by atoms with Crippen LogP contribution in [0.3, 0.4) is 0 Å². The summed E-state index contributed by atoms with van der Waals surface area (Å²) in [6.45, 7) is 9.60. The first-order valence-corrected chi connectivity index (χ1v) is 8.93. The van der Waals surface area contributed by atoms with Crippen molar-refractivity contribution in [2.75, 3.05) is 51.1 Å². The van der Waals surface area contributed by atoms with Gasteiger partial charge in [0.2, 0.25) is 5.91 Å². The molecule has 0 bridgehead atoms. The molecular formula is C18H27FN4O. The standard InChI is InChI=1S/C18H27FN4O/c1-2-22-9-11-23(12-10-22)8-6-17(24)21-16-4-3-14-13-20-7-5-15(14)18(16)19/h3-4,20H,2,5-13H2,1H3,(H,21,24). The summed E-state index contributed by atoms with van der Waals surface area (Å²) in [7, 11) is 0. The molecule has 5 nitrogen and oxygen atoms in total. The Morgan fingerprint density at radius 1 is 1.25 bits per heavy atom. The summed E-state index contributed by atoms with van der Waals surface area (Å²) >= 11 is 0. The quantitative estimate of drug-likeness (QED) is 0.855. The molecule has 2 aliphatic heterocycles. The Bertz CT molecular complexity index is 585. The van der Waals surface area contributed by atoms with Crippen molar-refractivity contribution in [3.05, 3.63) is 29.1 Å². The number of fused-ring (bicyclic) bond motifs is 1. The molecule has 0 atom stereocenters. The van der Waals surface area contributed by atoms with Crippen molar-refractivity contribution in [1.29, 1.82) is 0 Å². The number of rotatable bonds is 5.